The summed E-state index contributed by atoms with van der Waals surface area (Å²) in [6.07, 6.45) is 2.46. The van der Waals surface area contributed by atoms with E-state index in [9.17, 15) is 0 Å². The molecule has 0 heterocycles. The van der Waals surface area contributed by atoms with Crippen LogP contribution in [0.1, 0.15) is 18.4 Å². The molecule has 0 bridgehead atoms. The van der Waals surface area contributed by atoms with Gasteiger partial charge in [0.2, 0.25) is 0 Å². The number of hydrogen-bond donors (Lipinski definition) is 0. The van der Waals surface area contributed by atoms with Gasteiger partial charge >= 0.3 is 0 Å². The Bertz CT molecular complexity index is 422. The maximum Gasteiger partial charge on any atom is 0.120 e. The van der Waals surface area contributed by atoms with Gasteiger partial charge in [0.15, 0.2) is 0 Å². The monoisotopic (exact) mass is 281 g/mol. The Morgan fingerprint density at radius 1 is 1.38 bits per heavy atom. The third-order valence-electron chi connectivity index (χ3n) is 2.75. The van der Waals surface area contributed by atoms with Gasteiger partial charge in [-0.2, -0.15) is 5.26 Å². The second-order valence-corrected chi connectivity index (χ2v) is 4.68. The summed E-state index contributed by atoms with van der Waals surface area (Å²) in [5, 5.41) is 8.78. The first-order chi connectivity index (χ1) is 7.72. The van der Waals surface area contributed by atoms with Crippen LogP contribution in [0.4, 0.5) is 0 Å². The Balaban J connectivity index is 1.96. The molecular weight excluding hydrogens is 270 g/mol. The fraction of sp³-hybridized carbons (Fsp3) is 0.417. The van der Waals surface area contributed by atoms with Gasteiger partial charge in [-0.3, -0.25) is 0 Å². The van der Waals surface area contributed by atoms with Crippen LogP contribution in [0.25, 0.3) is 0 Å². The number of halogens is 1. The maximum absolute atomic E-state index is 8.78. The predicted molar refractivity (Wildman–Crippen MR) is 63.3 cm³/mol. The zero-order valence-electron chi connectivity index (χ0n) is 8.94. The minimum Gasteiger partial charge on any atom is -0.490 e. The molecule has 1 aliphatic rings. The first kappa shape index (κ1) is 11.4. The highest BCUT2D eigenvalue weighted by Gasteiger charge is 2.30. The highest BCUT2D eigenvalue weighted by Crippen LogP contribution is 2.29. The molecular formula is C12H12BrNO2. The van der Waals surface area contributed by atoms with Crippen molar-refractivity contribution >= 4 is 15.9 Å². The lowest BCUT2D eigenvalue weighted by atomic mass is 9.92. The van der Waals surface area contributed by atoms with Crippen molar-refractivity contribution in [2.24, 2.45) is 0 Å². The quantitative estimate of drug-likeness (QED) is 0.856. The van der Waals surface area contributed by atoms with E-state index in [1.54, 1.807) is 13.2 Å². The topological polar surface area (TPSA) is 42.2 Å². The van der Waals surface area contributed by atoms with Crippen LogP contribution in [-0.4, -0.2) is 19.3 Å². The third kappa shape index (κ3) is 2.37. The van der Waals surface area contributed by atoms with Gasteiger partial charge in [0.05, 0.1) is 11.7 Å². The van der Waals surface area contributed by atoms with E-state index >= 15 is 0 Å². The minimum atomic E-state index is 0.241. The molecule has 0 radical (unpaired) electrons. The second-order valence-electron chi connectivity index (χ2n) is 3.82. The van der Waals surface area contributed by atoms with Crippen LogP contribution < -0.4 is 4.74 Å². The predicted octanol–water partition coefficient (Wildman–Crippen LogP) is 2.88. The van der Waals surface area contributed by atoms with Crippen LogP contribution in [0.15, 0.2) is 22.7 Å². The first-order valence-corrected chi connectivity index (χ1v) is 5.91. The zero-order valence-corrected chi connectivity index (χ0v) is 10.5. The first-order valence-electron chi connectivity index (χ1n) is 5.12. The van der Waals surface area contributed by atoms with Crippen molar-refractivity contribution in [2.45, 2.75) is 25.0 Å². The summed E-state index contributed by atoms with van der Waals surface area (Å²) in [6.45, 7) is 0. The van der Waals surface area contributed by atoms with Gasteiger partial charge in [-0.15, -0.1) is 0 Å². The molecule has 1 aromatic rings. The molecule has 1 fully saturated rings. The van der Waals surface area contributed by atoms with Gasteiger partial charge in [-0.1, -0.05) is 0 Å². The van der Waals surface area contributed by atoms with Crippen LogP contribution in [0.3, 0.4) is 0 Å². The molecule has 84 valence electrons. The standard InChI is InChI=1S/C12H12BrNO2/c1-15-10-4-11(5-10)16-9-3-2-8(7-14)12(13)6-9/h2-3,6,10-11H,4-5H2,1H3/t10-,11-. The largest absolute Gasteiger partial charge is 0.490 e. The molecule has 0 N–H and O–H groups in total. The normalized spacial score (nSPS) is 23.3. The van der Waals surface area contributed by atoms with Crippen molar-refractivity contribution in [3.63, 3.8) is 0 Å². The van der Waals surface area contributed by atoms with E-state index in [0.29, 0.717) is 11.7 Å². The Kier molecular flexibility index (Phi) is 3.47. The zero-order chi connectivity index (χ0) is 11.5. The molecule has 0 aliphatic heterocycles. The molecule has 0 amide bonds. The Labute approximate surface area is 103 Å². The van der Waals surface area contributed by atoms with E-state index in [2.05, 4.69) is 22.0 Å². The van der Waals surface area contributed by atoms with Crippen LogP contribution in [0, 0.1) is 11.3 Å². The number of ether oxygens (including phenoxy) is 2. The number of hydrogen-bond acceptors (Lipinski definition) is 3. The number of benzene rings is 1. The van der Waals surface area contributed by atoms with Crippen molar-refractivity contribution in [1.29, 1.82) is 5.26 Å². The summed E-state index contributed by atoms with van der Waals surface area (Å²) in [4.78, 5) is 0. The van der Waals surface area contributed by atoms with Crippen LogP contribution >= 0.6 is 15.9 Å². The Morgan fingerprint density at radius 2 is 2.12 bits per heavy atom. The Morgan fingerprint density at radius 3 is 2.69 bits per heavy atom. The minimum absolute atomic E-state index is 0.241. The van der Waals surface area contributed by atoms with Crippen molar-refractivity contribution in [2.75, 3.05) is 7.11 Å². The fourth-order valence-corrected chi connectivity index (χ4v) is 2.10. The van der Waals surface area contributed by atoms with Crippen molar-refractivity contribution in [3.8, 4) is 11.8 Å². The van der Waals surface area contributed by atoms with Gasteiger partial charge < -0.3 is 9.47 Å². The van der Waals surface area contributed by atoms with Crippen LogP contribution in [0.5, 0.6) is 5.75 Å². The van der Waals surface area contributed by atoms with Crippen molar-refractivity contribution in [1.82, 2.24) is 0 Å². The number of nitriles is 1. The second kappa shape index (κ2) is 4.86. The van der Waals surface area contributed by atoms with Gasteiger partial charge in [-0.25, -0.2) is 0 Å². The third-order valence-corrected chi connectivity index (χ3v) is 3.40. The van der Waals surface area contributed by atoms with Gasteiger partial charge in [0.1, 0.15) is 17.9 Å². The lowest BCUT2D eigenvalue weighted by Crippen LogP contribution is -2.38. The average Bonchev–Trinajstić information content (AvgIpc) is 2.23. The molecule has 0 saturated heterocycles. The highest BCUT2D eigenvalue weighted by molar-refractivity contribution is 9.10. The van der Waals surface area contributed by atoms with E-state index in [1.165, 1.54) is 0 Å². The molecule has 1 saturated carbocycles. The van der Waals surface area contributed by atoms with E-state index in [-0.39, 0.29) is 6.10 Å². The lowest BCUT2D eigenvalue weighted by molar-refractivity contribution is -0.0381. The number of methoxy groups -OCH3 is 1. The molecule has 0 unspecified atom stereocenters. The van der Waals surface area contributed by atoms with Gasteiger partial charge in [0.25, 0.3) is 0 Å². The number of rotatable bonds is 3. The summed E-state index contributed by atoms with van der Waals surface area (Å²) in [6, 6.07) is 7.51. The molecule has 0 atom stereocenters. The van der Waals surface area contributed by atoms with Gasteiger partial charge in [-0.05, 0) is 34.1 Å². The molecule has 0 spiro atoms. The number of nitrogens with zero attached hydrogens (tertiary/aromatic N) is 1. The van der Waals surface area contributed by atoms with E-state index in [4.69, 9.17) is 14.7 Å². The summed E-state index contributed by atoms with van der Waals surface area (Å²) >= 11 is 3.34. The maximum atomic E-state index is 8.78. The smallest absolute Gasteiger partial charge is 0.120 e. The van der Waals surface area contributed by atoms with Gasteiger partial charge in [0, 0.05) is 24.4 Å². The summed E-state index contributed by atoms with van der Waals surface area (Å²) < 4.78 is 11.7. The molecule has 1 aromatic carbocycles. The van der Waals surface area contributed by atoms with E-state index < -0.39 is 0 Å². The van der Waals surface area contributed by atoms with E-state index in [0.717, 1.165) is 23.1 Å². The Hall–Kier alpha value is -1.05. The fourth-order valence-electron chi connectivity index (χ4n) is 1.66. The van der Waals surface area contributed by atoms with Crippen molar-refractivity contribution < 1.29 is 9.47 Å². The SMILES string of the molecule is CO[C@H]1C[C@H](Oc2ccc(C#N)c(Br)c2)C1. The molecule has 16 heavy (non-hydrogen) atoms. The molecule has 2 rings (SSSR count). The molecule has 1 aliphatic carbocycles. The molecule has 0 aromatic heterocycles. The lowest BCUT2D eigenvalue weighted by Gasteiger charge is -2.34. The summed E-state index contributed by atoms with van der Waals surface area (Å²) in [5.41, 5.74) is 0.621. The van der Waals surface area contributed by atoms with Crippen molar-refractivity contribution in [3.05, 3.63) is 28.2 Å². The highest BCUT2D eigenvalue weighted by atomic mass is 79.9. The summed E-state index contributed by atoms with van der Waals surface area (Å²) in [7, 11) is 1.72. The van der Waals surface area contributed by atoms with E-state index in [1.807, 2.05) is 12.1 Å². The van der Waals surface area contributed by atoms with Crippen LogP contribution in [0.2, 0.25) is 0 Å². The summed E-state index contributed by atoms with van der Waals surface area (Å²) in [5.74, 6) is 0.797. The molecule has 4 heteroatoms. The van der Waals surface area contributed by atoms with Crippen LogP contribution in [-0.2, 0) is 4.74 Å². The molecule has 3 nitrogen and oxygen atoms in total. The average molecular weight is 282 g/mol.